The highest BCUT2D eigenvalue weighted by Crippen LogP contribution is 2.36. The van der Waals surface area contributed by atoms with Crippen LogP contribution in [0, 0.1) is 5.92 Å². The maximum absolute atomic E-state index is 13.8. The summed E-state index contributed by atoms with van der Waals surface area (Å²) in [6.45, 7) is 4.22. The van der Waals surface area contributed by atoms with Crippen LogP contribution < -0.4 is 5.32 Å². The van der Waals surface area contributed by atoms with E-state index in [2.05, 4.69) is 5.32 Å². The van der Waals surface area contributed by atoms with Crippen LogP contribution in [-0.4, -0.2) is 75.2 Å². The zero-order chi connectivity index (χ0) is 27.7. The quantitative estimate of drug-likeness (QED) is 0.547. The number of Topliss-reactive ketones (excluding diaryl/α,β-unsaturated/α-hetero) is 1. The molecule has 2 N–H and O–H groups in total. The molecule has 5 rings (SSSR count). The van der Waals surface area contributed by atoms with Crippen LogP contribution in [0.25, 0.3) is 10.4 Å². The summed E-state index contributed by atoms with van der Waals surface area (Å²) in [7, 11) is 0. The Morgan fingerprint density at radius 2 is 1.79 bits per heavy atom. The second-order valence-electron chi connectivity index (χ2n) is 11.5. The van der Waals surface area contributed by atoms with Gasteiger partial charge in [-0.25, -0.2) is 0 Å². The topological polar surface area (TPSA) is 107 Å². The van der Waals surface area contributed by atoms with Crippen LogP contribution in [0.15, 0.2) is 41.8 Å². The summed E-state index contributed by atoms with van der Waals surface area (Å²) in [5.41, 5.74) is 0.0692. The van der Waals surface area contributed by atoms with Gasteiger partial charge in [-0.2, -0.15) is 0 Å². The summed E-state index contributed by atoms with van der Waals surface area (Å²) >= 11 is 1.63. The van der Waals surface area contributed by atoms with Gasteiger partial charge < -0.3 is 20.2 Å². The van der Waals surface area contributed by atoms with Crippen LogP contribution in [-0.2, 0) is 14.4 Å². The van der Waals surface area contributed by atoms with Crippen LogP contribution in [0.2, 0.25) is 0 Å². The highest BCUT2D eigenvalue weighted by Gasteiger charge is 2.55. The van der Waals surface area contributed by atoms with Crippen LogP contribution >= 0.6 is 11.3 Å². The average molecular weight is 552 g/mol. The third kappa shape index (κ3) is 5.52. The van der Waals surface area contributed by atoms with Crippen molar-refractivity contribution in [3.05, 3.63) is 47.3 Å². The van der Waals surface area contributed by atoms with Crippen LogP contribution in [0.5, 0.6) is 0 Å². The Morgan fingerprint density at radius 1 is 1.08 bits per heavy atom. The molecule has 1 aliphatic carbocycles. The maximum Gasteiger partial charge on any atom is 0.255 e. The van der Waals surface area contributed by atoms with Crippen LogP contribution in [0.1, 0.15) is 69.2 Å². The molecule has 3 unspecified atom stereocenters. The predicted octanol–water partition coefficient (Wildman–Crippen LogP) is 3.64. The van der Waals surface area contributed by atoms with Crippen molar-refractivity contribution in [3.8, 4) is 10.4 Å². The van der Waals surface area contributed by atoms with Gasteiger partial charge in [0.25, 0.3) is 11.8 Å². The summed E-state index contributed by atoms with van der Waals surface area (Å²) in [5.74, 6) is -1.06. The molecule has 1 saturated carbocycles. The summed E-state index contributed by atoms with van der Waals surface area (Å²) in [6.07, 6.45) is 4.30. The van der Waals surface area contributed by atoms with Gasteiger partial charge in [-0.3, -0.25) is 19.2 Å². The lowest BCUT2D eigenvalue weighted by Gasteiger charge is -2.36. The molecule has 2 aliphatic heterocycles. The minimum atomic E-state index is -1.42. The Morgan fingerprint density at radius 3 is 2.44 bits per heavy atom. The fraction of sp³-hybridized carbons (Fsp3) is 0.533. The molecule has 8 nitrogen and oxygen atoms in total. The third-order valence-electron chi connectivity index (χ3n) is 8.31. The standard InChI is InChI=1S/C30H37N3O5S/c1-19(2)17-22(31-27(35)21-10-8-20(9-11-21)25-7-6-16-39-25)28(36)32-15-12-23-26(32)24(34)18-33(23)29(37)30(38)13-4-3-5-14-30/h6-11,16,19,22-23,26,38H,3-5,12-15,17-18H2,1-2H3,(H,31,35). The highest BCUT2D eigenvalue weighted by atomic mass is 32.1. The minimum Gasteiger partial charge on any atom is -0.380 e. The Bertz CT molecular complexity index is 1220. The van der Waals surface area contributed by atoms with E-state index in [4.69, 9.17) is 0 Å². The first-order chi connectivity index (χ1) is 18.7. The molecule has 0 bridgehead atoms. The first kappa shape index (κ1) is 27.5. The fourth-order valence-electron chi connectivity index (χ4n) is 6.32. The molecule has 3 fully saturated rings. The SMILES string of the molecule is CC(C)CC(NC(=O)c1ccc(-c2cccs2)cc1)C(=O)N1CCC2C1C(=O)CN2C(=O)C1(O)CCCCC1. The number of ketones is 1. The van der Waals surface area contributed by atoms with Crippen LogP contribution in [0.4, 0.5) is 0 Å². The number of fused-ring (bicyclic) bond motifs is 1. The van der Waals surface area contributed by atoms with Crippen molar-refractivity contribution in [3.63, 3.8) is 0 Å². The smallest absolute Gasteiger partial charge is 0.255 e. The number of aliphatic hydroxyl groups is 1. The van der Waals surface area contributed by atoms with E-state index in [-0.39, 0.29) is 36.0 Å². The first-order valence-electron chi connectivity index (χ1n) is 14.0. The molecular weight excluding hydrogens is 514 g/mol. The van der Waals surface area contributed by atoms with Crippen molar-refractivity contribution in [1.29, 1.82) is 0 Å². The zero-order valence-electron chi connectivity index (χ0n) is 22.6. The van der Waals surface area contributed by atoms with Gasteiger partial charge in [-0.05, 0) is 60.7 Å². The molecule has 3 heterocycles. The molecular formula is C30H37N3O5S. The number of carbonyl (C=O) groups excluding carboxylic acids is 4. The number of thiophene rings is 1. The number of hydrogen-bond donors (Lipinski definition) is 2. The third-order valence-corrected chi connectivity index (χ3v) is 9.23. The van der Waals surface area contributed by atoms with Crippen molar-refractivity contribution in [2.75, 3.05) is 13.1 Å². The Kier molecular flexibility index (Phi) is 7.91. The van der Waals surface area contributed by atoms with Gasteiger partial charge in [0, 0.05) is 17.0 Å². The van der Waals surface area contributed by atoms with Crippen molar-refractivity contribution >= 4 is 34.8 Å². The summed E-state index contributed by atoms with van der Waals surface area (Å²) in [6, 6.07) is 9.37. The predicted molar refractivity (Wildman–Crippen MR) is 149 cm³/mol. The van der Waals surface area contributed by atoms with Gasteiger partial charge in [0.2, 0.25) is 5.91 Å². The van der Waals surface area contributed by atoms with Gasteiger partial charge in [0.1, 0.15) is 17.7 Å². The molecule has 9 heteroatoms. The normalized spacial score (nSPS) is 23.1. The number of hydrogen-bond acceptors (Lipinski definition) is 6. The van der Waals surface area contributed by atoms with E-state index in [1.54, 1.807) is 28.4 Å². The van der Waals surface area contributed by atoms with Crippen molar-refractivity contribution < 1.29 is 24.3 Å². The molecule has 3 amide bonds. The summed E-state index contributed by atoms with van der Waals surface area (Å²) < 4.78 is 0. The molecule has 3 atom stereocenters. The molecule has 1 aromatic heterocycles. The van der Waals surface area contributed by atoms with E-state index in [1.807, 2.05) is 43.5 Å². The lowest BCUT2D eigenvalue weighted by Crippen LogP contribution is -2.54. The Hall–Kier alpha value is -3.04. The van der Waals surface area contributed by atoms with E-state index >= 15 is 0 Å². The fourth-order valence-corrected chi connectivity index (χ4v) is 7.05. The largest absolute Gasteiger partial charge is 0.380 e. The monoisotopic (exact) mass is 551 g/mol. The number of benzene rings is 1. The van der Waals surface area contributed by atoms with E-state index < -0.39 is 23.7 Å². The van der Waals surface area contributed by atoms with Crippen molar-refractivity contribution in [1.82, 2.24) is 15.1 Å². The molecule has 1 aromatic carbocycles. The maximum atomic E-state index is 13.8. The number of rotatable bonds is 7. The van der Waals surface area contributed by atoms with Gasteiger partial charge in [-0.15, -0.1) is 11.3 Å². The molecule has 39 heavy (non-hydrogen) atoms. The van der Waals surface area contributed by atoms with Crippen molar-refractivity contribution in [2.24, 2.45) is 5.92 Å². The summed E-state index contributed by atoms with van der Waals surface area (Å²) in [4.78, 5) is 57.6. The Balaban J connectivity index is 1.29. The molecule has 208 valence electrons. The lowest BCUT2D eigenvalue weighted by molar-refractivity contribution is -0.156. The van der Waals surface area contributed by atoms with Crippen LogP contribution in [0.3, 0.4) is 0 Å². The van der Waals surface area contributed by atoms with Gasteiger partial charge in [0.15, 0.2) is 5.78 Å². The van der Waals surface area contributed by atoms with E-state index in [0.717, 1.165) is 29.7 Å². The van der Waals surface area contributed by atoms with E-state index in [1.165, 1.54) is 4.90 Å². The molecule has 0 radical (unpaired) electrons. The highest BCUT2D eigenvalue weighted by molar-refractivity contribution is 7.13. The Labute approximate surface area is 233 Å². The lowest BCUT2D eigenvalue weighted by atomic mass is 9.83. The first-order valence-corrected chi connectivity index (χ1v) is 14.9. The zero-order valence-corrected chi connectivity index (χ0v) is 23.4. The van der Waals surface area contributed by atoms with Gasteiger partial charge in [-0.1, -0.05) is 51.3 Å². The number of amides is 3. The molecule has 2 aromatic rings. The number of nitrogens with one attached hydrogen (secondary N) is 1. The number of nitrogens with zero attached hydrogens (tertiary/aromatic N) is 2. The van der Waals surface area contributed by atoms with E-state index in [9.17, 15) is 24.3 Å². The second-order valence-corrected chi connectivity index (χ2v) is 12.5. The minimum absolute atomic E-state index is 0.0853. The number of carbonyl (C=O) groups is 4. The van der Waals surface area contributed by atoms with Gasteiger partial charge >= 0.3 is 0 Å². The summed E-state index contributed by atoms with van der Waals surface area (Å²) in [5, 5.41) is 15.9. The molecule has 3 aliphatic rings. The number of likely N-dealkylation sites (tertiary alicyclic amines) is 2. The molecule has 2 saturated heterocycles. The average Bonchev–Trinajstić information content (AvgIpc) is 3.67. The second kappa shape index (κ2) is 11.2. The van der Waals surface area contributed by atoms with Crippen molar-refractivity contribution in [2.45, 2.75) is 82.5 Å². The van der Waals surface area contributed by atoms with E-state index in [0.29, 0.717) is 37.8 Å². The molecule has 0 spiro atoms. The van der Waals surface area contributed by atoms with Gasteiger partial charge in [0.05, 0.1) is 12.6 Å².